The minimum atomic E-state index is -0.642. The maximum absolute atomic E-state index is 13.0. The summed E-state index contributed by atoms with van der Waals surface area (Å²) in [6, 6.07) is 0.300. The second-order valence-corrected chi connectivity index (χ2v) is 10.00. The first-order valence-corrected chi connectivity index (χ1v) is 11.0. The number of amides is 1. The Balaban J connectivity index is 1.22. The van der Waals surface area contributed by atoms with E-state index in [2.05, 4.69) is 21.7 Å². The number of likely N-dealkylation sites (tertiary alicyclic amines) is 2. The molecule has 0 aromatic carbocycles. The van der Waals surface area contributed by atoms with Crippen molar-refractivity contribution in [2.24, 2.45) is 17.3 Å². The quantitative estimate of drug-likeness (QED) is 0.740. The molecule has 5 fully saturated rings. The van der Waals surface area contributed by atoms with E-state index in [0.717, 1.165) is 57.8 Å². The molecular formula is C21H33N3O3. The third-order valence-electron chi connectivity index (χ3n) is 8.21. The Morgan fingerprint density at radius 3 is 2.41 bits per heavy atom. The molecule has 1 N–H and O–H groups in total. The van der Waals surface area contributed by atoms with Crippen LogP contribution in [0.4, 0.5) is 0 Å². The van der Waals surface area contributed by atoms with Gasteiger partial charge in [0.2, 0.25) is 5.91 Å². The summed E-state index contributed by atoms with van der Waals surface area (Å²) < 4.78 is 0. The Hall–Kier alpha value is -1.14. The lowest BCUT2D eigenvalue weighted by Crippen LogP contribution is -2.46. The summed E-state index contributed by atoms with van der Waals surface area (Å²) in [6.45, 7) is 3.43. The average Bonchev–Trinajstić information content (AvgIpc) is 3.36. The second kappa shape index (κ2) is 6.45. The van der Waals surface area contributed by atoms with Crippen LogP contribution in [-0.4, -0.2) is 83.0 Å². The van der Waals surface area contributed by atoms with E-state index in [-0.39, 0.29) is 17.5 Å². The number of hydrogen-bond acceptors (Lipinski definition) is 4. The van der Waals surface area contributed by atoms with E-state index in [1.54, 1.807) is 0 Å². The average molecular weight is 376 g/mol. The fraction of sp³-hybridized carbons (Fsp3) is 0.905. The van der Waals surface area contributed by atoms with E-state index in [4.69, 9.17) is 0 Å². The minimum Gasteiger partial charge on any atom is -0.480 e. The molecule has 6 heteroatoms. The van der Waals surface area contributed by atoms with Crippen molar-refractivity contribution < 1.29 is 14.7 Å². The van der Waals surface area contributed by atoms with Crippen LogP contribution in [0.2, 0.25) is 0 Å². The standard InChI is InChI=1S/C21H33N3O3/c1-22-16(15-6-7-15)18(22)19(25)24-11-9-21(13-24)8-10-23(12-21)17(20(26)27)14-4-2-3-5-14/h14-18H,2-13H2,1H3,(H,26,27)/t16-,17+,18-,21?,22?/m1/s1. The van der Waals surface area contributed by atoms with Crippen molar-refractivity contribution in [3.05, 3.63) is 0 Å². The van der Waals surface area contributed by atoms with Gasteiger partial charge in [0.1, 0.15) is 12.1 Å². The van der Waals surface area contributed by atoms with Gasteiger partial charge in [-0.2, -0.15) is 0 Å². The van der Waals surface area contributed by atoms with Crippen LogP contribution in [0.15, 0.2) is 0 Å². The van der Waals surface area contributed by atoms with E-state index in [1.165, 1.54) is 25.7 Å². The van der Waals surface area contributed by atoms with Crippen LogP contribution in [0.25, 0.3) is 0 Å². The number of aliphatic carboxylic acids is 1. The van der Waals surface area contributed by atoms with Crippen molar-refractivity contribution in [3.8, 4) is 0 Å². The molecule has 1 amide bonds. The maximum atomic E-state index is 13.0. The molecule has 2 saturated carbocycles. The van der Waals surface area contributed by atoms with Gasteiger partial charge in [0.25, 0.3) is 0 Å². The van der Waals surface area contributed by atoms with Crippen molar-refractivity contribution in [2.45, 2.75) is 69.5 Å². The lowest BCUT2D eigenvalue weighted by atomic mass is 9.86. The molecule has 5 rings (SSSR count). The number of rotatable bonds is 5. The Bertz CT molecular complexity index is 630. The lowest BCUT2D eigenvalue weighted by Gasteiger charge is -2.31. The number of carboxylic acid groups (broad SMARTS) is 1. The zero-order chi connectivity index (χ0) is 18.8. The van der Waals surface area contributed by atoms with Crippen LogP contribution in [0.3, 0.4) is 0 Å². The Morgan fingerprint density at radius 1 is 1.04 bits per heavy atom. The normalized spacial score (nSPS) is 40.8. The van der Waals surface area contributed by atoms with Gasteiger partial charge in [0.15, 0.2) is 0 Å². The third kappa shape index (κ3) is 3.09. The molecule has 150 valence electrons. The molecule has 0 aromatic heterocycles. The fourth-order valence-corrected chi connectivity index (χ4v) is 6.49. The largest absolute Gasteiger partial charge is 0.480 e. The van der Waals surface area contributed by atoms with Crippen LogP contribution in [0.1, 0.15) is 51.4 Å². The summed E-state index contributed by atoms with van der Waals surface area (Å²) in [4.78, 5) is 31.6. The van der Waals surface area contributed by atoms with Gasteiger partial charge in [-0.25, -0.2) is 0 Å². The summed E-state index contributed by atoms with van der Waals surface area (Å²) in [7, 11) is 2.09. The van der Waals surface area contributed by atoms with Gasteiger partial charge in [-0.1, -0.05) is 12.8 Å². The van der Waals surface area contributed by atoms with Gasteiger partial charge in [-0.3, -0.25) is 19.4 Å². The van der Waals surface area contributed by atoms with E-state index >= 15 is 0 Å². The molecule has 3 heterocycles. The van der Waals surface area contributed by atoms with Gasteiger partial charge in [0.05, 0.1) is 0 Å². The molecule has 2 aliphatic carbocycles. The first kappa shape index (κ1) is 17.9. The molecule has 1 spiro atoms. The van der Waals surface area contributed by atoms with Crippen molar-refractivity contribution in [3.63, 3.8) is 0 Å². The molecule has 5 aliphatic rings. The zero-order valence-electron chi connectivity index (χ0n) is 16.5. The molecule has 5 atom stereocenters. The first-order chi connectivity index (χ1) is 13.0. The summed E-state index contributed by atoms with van der Waals surface area (Å²) in [5, 5.41) is 9.85. The van der Waals surface area contributed by atoms with E-state index in [1.807, 2.05) is 0 Å². The summed E-state index contributed by atoms with van der Waals surface area (Å²) in [5.74, 6) is 0.758. The summed E-state index contributed by atoms with van der Waals surface area (Å²) in [5.41, 5.74) is 0.129. The van der Waals surface area contributed by atoms with E-state index in [0.29, 0.717) is 17.9 Å². The van der Waals surface area contributed by atoms with E-state index in [9.17, 15) is 14.7 Å². The second-order valence-electron chi connectivity index (χ2n) is 10.00. The number of carboxylic acids is 1. The number of carbonyl (C=O) groups is 2. The number of likely N-dealkylation sites (N-methyl/N-ethyl adjacent to an activating group) is 1. The highest BCUT2D eigenvalue weighted by Gasteiger charge is 2.59. The molecule has 3 saturated heterocycles. The van der Waals surface area contributed by atoms with Crippen LogP contribution in [-0.2, 0) is 9.59 Å². The maximum Gasteiger partial charge on any atom is 0.321 e. The highest BCUT2D eigenvalue weighted by atomic mass is 16.4. The van der Waals surface area contributed by atoms with Crippen LogP contribution >= 0.6 is 0 Å². The lowest BCUT2D eigenvalue weighted by molar-refractivity contribution is -0.145. The smallest absolute Gasteiger partial charge is 0.321 e. The van der Waals surface area contributed by atoms with Gasteiger partial charge in [-0.05, 0) is 64.0 Å². The monoisotopic (exact) mass is 375 g/mol. The van der Waals surface area contributed by atoms with Gasteiger partial charge in [0, 0.05) is 31.1 Å². The predicted molar refractivity (Wildman–Crippen MR) is 101 cm³/mol. The van der Waals surface area contributed by atoms with Crippen LogP contribution in [0, 0.1) is 17.3 Å². The van der Waals surface area contributed by atoms with Gasteiger partial charge in [-0.15, -0.1) is 0 Å². The zero-order valence-corrected chi connectivity index (χ0v) is 16.5. The first-order valence-electron chi connectivity index (χ1n) is 11.0. The van der Waals surface area contributed by atoms with Gasteiger partial charge < -0.3 is 10.0 Å². The Labute approximate surface area is 161 Å². The molecule has 3 aliphatic heterocycles. The third-order valence-corrected chi connectivity index (χ3v) is 8.21. The highest BCUT2D eigenvalue weighted by molar-refractivity contribution is 5.86. The number of nitrogens with zero attached hydrogens (tertiary/aromatic N) is 3. The molecule has 6 nitrogen and oxygen atoms in total. The molecule has 0 radical (unpaired) electrons. The molecule has 27 heavy (non-hydrogen) atoms. The molecule has 0 bridgehead atoms. The van der Waals surface area contributed by atoms with Crippen LogP contribution < -0.4 is 0 Å². The SMILES string of the molecule is CN1[C@H](C2CC2)[C@@H]1C(=O)N1CCC2(CCN([C@H](C(=O)O)C3CCCC3)C2)C1. The topological polar surface area (TPSA) is 63.9 Å². The summed E-state index contributed by atoms with van der Waals surface area (Å²) >= 11 is 0. The predicted octanol–water partition coefficient (Wildman–Crippen LogP) is 1.65. The van der Waals surface area contributed by atoms with Crippen molar-refractivity contribution in [1.29, 1.82) is 0 Å². The Morgan fingerprint density at radius 2 is 1.74 bits per heavy atom. The number of hydrogen-bond donors (Lipinski definition) is 1. The minimum absolute atomic E-state index is 0.121. The van der Waals surface area contributed by atoms with E-state index < -0.39 is 5.97 Å². The van der Waals surface area contributed by atoms with Crippen molar-refractivity contribution >= 4 is 11.9 Å². The molecule has 2 unspecified atom stereocenters. The van der Waals surface area contributed by atoms with Crippen LogP contribution in [0.5, 0.6) is 0 Å². The summed E-state index contributed by atoms with van der Waals surface area (Å²) in [6.07, 6.45) is 9.12. The van der Waals surface area contributed by atoms with Crippen molar-refractivity contribution in [2.75, 3.05) is 33.2 Å². The fourth-order valence-electron chi connectivity index (χ4n) is 6.49. The number of carbonyl (C=O) groups excluding carboxylic acids is 1. The van der Waals surface area contributed by atoms with Crippen molar-refractivity contribution in [1.82, 2.24) is 14.7 Å². The van der Waals surface area contributed by atoms with Gasteiger partial charge >= 0.3 is 5.97 Å². The molecule has 0 aromatic rings. The molecular weight excluding hydrogens is 342 g/mol. The highest BCUT2D eigenvalue weighted by Crippen LogP contribution is 2.48. The Kier molecular flexibility index (Phi) is 4.28.